The number of nitrogens with zero attached hydrogens (tertiary/aromatic N) is 1. The van der Waals surface area contributed by atoms with Gasteiger partial charge < -0.3 is 14.6 Å². The topological polar surface area (TPSA) is 28.4 Å². The van der Waals surface area contributed by atoms with Crippen LogP contribution >= 0.6 is 11.8 Å². The van der Waals surface area contributed by atoms with Crippen LogP contribution in [0.2, 0.25) is 0 Å². The standard InChI is InChI=1S/C17H30N2OS/c1-19(15-7-4-3-5-8-15)12-6-11-18-13-16-9-10-17(20-16)14-21-2/h9-10,15,18H,3-8,11-14H2,1-2H3. The zero-order valence-electron chi connectivity index (χ0n) is 13.6. The fraction of sp³-hybridized carbons (Fsp3) is 0.765. The zero-order valence-corrected chi connectivity index (χ0v) is 14.4. The number of furan rings is 1. The lowest BCUT2D eigenvalue weighted by molar-refractivity contribution is 0.189. The van der Waals surface area contributed by atoms with Crippen LogP contribution in [0, 0.1) is 0 Å². The van der Waals surface area contributed by atoms with E-state index in [0.29, 0.717) is 0 Å². The molecule has 120 valence electrons. The van der Waals surface area contributed by atoms with Gasteiger partial charge in [-0.05, 0) is 57.8 Å². The third-order valence-corrected chi connectivity index (χ3v) is 4.94. The van der Waals surface area contributed by atoms with Crippen molar-refractivity contribution >= 4 is 11.8 Å². The minimum atomic E-state index is 0.831. The quantitative estimate of drug-likeness (QED) is 0.701. The highest BCUT2D eigenvalue weighted by molar-refractivity contribution is 7.97. The van der Waals surface area contributed by atoms with Gasteiger partial charge in [-0.2, -0.15) is 11.8 Å². The molecule has 1 saturated carbocycles. The van der Waals surface area contributed by atoms with Gasteiger partial charge in [-0.25, -0.2) is 0 Å². The molecule has 1 N–H and O–H groups in total. The molecule has 0 aromatic carbocycles. The first-order valence-corrected chi connectivity index (χ1v) is 9.66. The Morgan fingerprint density at radius 3 is 2.76 bits per heavy atom. The van der Waals surface area contributed by atoms with Gasteiger partial charge in [0.2, 0.25) is 0 Å². The van der Waals surface area contributed by atoms with Crippen LogP contribution in [0.5, 0.6) is 0 Å². The molecule has 0 atom stereocenters. The summed E-state index contributed by atoms with van der Waals surface area (Å²) in [5.41, 5.74) is 0. The number of nitrogens with one attached hydrogen (secondary N) is 1. The summed E-state index contributed by atoms with van der Waals surface area (Å²) < 4.78 is 5.75. The molecule has 4 heteroatoms. The molecule has 0 amide bonds. The van der Waals surface area contributed by atoms with Crippen LogP contribution in [0.15, 0.2) is 16.5 Å². The normalized spacial score (nSPS) is 16.7. The average molecular weight is 311 g/mol. The Kier molecular flexibility index (Phi) is 7.69. The van der Waals surface area contributed by atoms with Crippen molar-refractivity contribution in [3.63, 3.8) is 0 Å². The molecule has 2 rings (SSSR count). The molecule has 0 unspecified atom stereocenters. The van der Waals surface area contributed by atoms with Crippen LogP contribution in [-0.4, -0.2) is 37.3 Å². The van der Waals surface area contributed by atoms with Crippen molar-refractivity contribution in [1.29, 1.82) is 0 Å². The van der Waals surface area contributed by atoms with E-state index in [1.54, 1.807) is 11.8 Å². The largest absolute Gasteiger partial charge is 0.464 e. The summed E-state index contributed by atoms with van der Waals surface area (Å²) in [5, 5.41) is 3.49. The zero-order chi connectivity index (χ0) is 14.9. The highest BCUT2D eigenvalue weighted by Crippen LogP contribution is 2.21. The first-order chi connectivity index (χ1) is 10.3. The Balaban J connectivity index is 1.54. The molecule has 1 aliphatic rings. The van der Waals surface area contributed by atoms with Crippen LogP contribution in [0.1, 0.15) is 50.0 Å². The summed E-state index contributed by atoms with van der Waals surface area (Å²) in [5.74, 6) is 3.10. The highest BCUT2D eigenvalue weighted by atomic mass is 32.2. The van der Waals surface area contributed by atoms with Crippen LogP contribution in [0.4, 0.5) is 0 Å². The second-order valence-corrected chi connectivity index (χ2v) is 6.97. The Morgan fingerprint density at radius 1 is 1.24 bits per heavy atom. The van der Waals surface area contributed by atoms with E-state index in [-0.39, 0.29) is 0 Å². The van der Waals surface area contributed by atoms with E-state index in [2.05, 4.69) is 35.7 Å². The Labute approximate surface area is 133 Å². The van der Waals surface area contributed by atoms with Gasteiger partial charge in [0, 0.05) is 6.04 Å². The van der Waals surface area contributed by atoms with Gasteiger partial charge in [-0.15, -0.1) is 0 Å². The molecule has 1 aliphatic carbocycles. The molecule has 0 saturated heterocycles. The van der Waals surface area contributed by atoms with Gasteiger partial charge in [0.25, 0.3) is 0 Å². The van der Waals surface area contributed by atoms with E-state index in [0.717, 1.165) is 36.4 Å². The maximum absolute atomic E-state index is 5.75. The lowest BCUT2D eigenvalue weighted by Gasteiger charge is -2.31. The third-order valence-electron chi connectivity index (χ3n) is 4.37. The number of hydrogen-bond donors (Lipinski definition) is 1. The van der Waals surface area contributed by atoms with E-state index in [1.165, 1.54) is 45.1 Å². The summed E-state index contributed by atoms with van der Waals surface area (Å²) in [6.07, 6.45) is 10.4. The number of hydrogen-bond acceptors (Lipinski definition) is 4. The van der Waals surface area contributed by atoms with E-state index in [9.17, 15) is 0 Å². The van der Waals surface area contributed by atoms with Crippen molar-refractivity contribution in [1.82, 2.24) is 10.2 Å². The smallest absolute Gasteiger partial charge is 0.117 e. The van der Waals surface area contributed by atoms with Crippen molar-refractivity contribution < 1.29 is 4.42 Å². The lowest BCUT2D eigenvalue weighted by Crippen LogP contribution is -2.35. The van der Waals surface area contributed by atoms with E-state index >= 15 is 0 Å². The van der Waals surface area contributed by atoms with Gasteiger partial charge in [-0.3, -0.25) is 0 Å². The maximum Gasteiger partial charge on any atom is 0.117 e. The molecule has 1 fully saturated rings. The van der Waals surface area contributed by atoms with Crippen molar-refractivity contribution in [2.45, 2.75) is 56.9 Å². The maximum atomic E-state index is 5.75. The third kappa shape index (κ3) is 6.05. The molecular formula is C17H30N2OS. The summed E-state index contributed by atoms with van der Waals surface area (Å²) in [7, 11) is 2.29. The van der Waals surface area contributed by atoms with Gasteiger partial charge in [0.15, 0.2) is 0 Å². The average Bonchev–Trinajstić information content (AvgIpc) is 2.95. The summed E-state index contributed by atoms with van der Waals surface area (Å²) in [4.78, 5) is 2.56. The molecule has 0 aliphatic heterocycles. The molecule has 1 aromatic heterocycles. The van der Waals surface area contributed by atoms with Crippen LogP contribution in [-0.2, 0) is 12.3 Å². The molecule has 0 spiro atoms. The predicted molar refractivity (Wildman–Crippen MR) is 91.8 cm³/mol. The second kappa shape index (κ2) is 9.54. The summed E-state index contributed by atoms with van der Waals surface area (Å²) >= 11 is 1.80. The number of rotatable bonds is 9. The molecule has 0 radical (unpaired) electrons. The van der Waals surface area contributed by atoms with Crippen LogP contribution in [0.25, 0.3) is 0 Å². The van der Waals surface area contributed by atoms with Crippen molar-refractivity contribution in [3.05, 3.63) is 23.7 Å². The molecule has 0 bridgehead atoms. The van der Waals surface area contributed by atoms with Gasteiger partial charge in [-0.1, -0.05) is 19.3 Å². The van der Waals surface area contributed by atoms with E-state index < -0.39 is 0 Å². The first kappa shape index (κ1) is 16.9. The summed E-state index contributed by atoms with van der Waals surface area (Å²) in [6, 6.07) is 5.01. The Morgan fingerprint density at radius 2 is 2.00 bits per heavy atom. The Hall–Kier alpha value is -0.450. The van der Waals surface area contributed by atoms with Crippen LogP contribution in [0.3, 0.4) is 0 Å². The molecular weight excluding hydrogens is 280 g/mol. The molecule has 21 heavy (non-hydrogen) atoms. The van der Waals surface area contributed by atoms with Gasteiger partial charge >= 0.3 is 0 Å². The fourth-order valence-corrected chi connectivity index (χ4v) is 3.55. The van der Waals surface area contributed by atoms with E-state index in [1.807, 2.05) is 0 Å². The fourth-order valence-electron chi connectivity index (χ4n) is 3.11. The van der Waals surface area contributed by atoms with Gasteiger partial charge in [0.1, 0.15) is 11.5 Å². The predicted octanol–water partition coefficient (Wildman–Crippen LogP) is 3.89. The summed E-state index contributed by atoms with van der Waals surface area (Å²) in [6.45, 7) is 3.12. The SMILES string of the molecule is CSCc1ccc(CNCCCN(C)C2CCCCC2)o1. The van der Waals surface area contributed by atoms with Crippen LogP contribution < -0.4 is 5.32 Å². The highest BCUT2D eigenvalue weighted by Gasteiger charge is 2.17. The molecule has 3 nitrogen and oxygen atoms in total. The lowest BCUT2D eigenvalue weighted by atomic mass is 9.94. The first-order valence-electron chi connectivity index (χ1n) is 8.27. The minimum Gasteiger partial charge on any atom is -0.464 e. The molecule has 1 heterocycles. The molecule has 1 aromatic rings. The van der Waals surface area contributed by atoms with Gasteiger partial charge in [0.05, 0.1) is 12.3 Å². The van der Waals surface area contributed by atoms with Crippen molar-refractivity contribution in [2.24, 2.45) is 0 Å². The Bertz CT molecular complexity index is 388. The van der Waals surface area contributed by atoms with E-state index in [4.69, 9.17) is 4.42 Å². The minimum absolute atomic E-state index is 0.831. The van der Waals surface area contributed by atoms with Crippen molar-refractivity contribution in [2.75, 3.05) is 26.4 Å². The number of thioether (sulfide) groups is 1. The second-order valence-electron chi connectivity index (χ2n) is 6.10. The monoisotopic (exact) mass is 310 g/mol. The van der Waals surface area contributed by atoms with Crippen molar-refractivity contribution in [3.8, 4) is 0 Å².